The van der Waals surface area contributed by atoms with Crippen LogP contribution in [0.5, 0.6) is 0 Å². The summed E-state index contributed by atoms with van der Waals surface area (Å²) in [6, 6.07) is 0. The lowest BCUT2D eigenvalue weighted by atomic mass is 10.1. The number of aliphatic hydroxyl groups excluding tert-OH is 1. The SMILES string of the molecule is NCCCCC(=O)N1CCC(CCO)C1. The Bertz CT molecular complexity index is 197. The highest BCUT2D eigenvalue weighted by atomic mass is 16.3. The van der Waals surface area contributed by atoms with Gasteiger partial charge in [-0.05, 0) is 38.1 Å². The third-order valence-corrected chi connectivity index (χ3v) is 3.02. The zero-order valence-corrected chi connectivity index (χ0v) is 9.32. The van der Waals surface area contributed by atoms with Crippen LogP contribution in [0.25, 0.3) is 0 Å². The van der Waals surface area contributed by atoms with Gasteiger partial charge in [0.25, 0.3) is 0 Å². The molecule has 0 saturated carbocycles. The van der Waals surface area contributed by atoms with Gasteiger partial charge in [0, 0.05) is 26.1 Å². The van der Waals surface area contributed by atoms with Crippen molar-refractivity contribution < 1.29 is 9.90 Å². The second-order valence-corrected chi connectivity index (χ2v) is 4.25. The second-order valence-electron chi connectivity index (χ2n) is 4.25. The highest BCUT2D eigenvalue weighted by molar-refractivity contribution is 5.76. The summed E-state index contributed by atoms with van der Waals surface area (Å²) in [6.07, 6.45) is 4.33. The molecule has 15 heavy (non-hydrogen) atoms. The smallest absolute Gasteiger partial charge is 0.222 e. The van der Waals surface area contributed by atoms with Gasteiger partial charge in [-0.1, -0.05) is 0 Å². The number of aliphatic hydroxyl groups is 1. The van der Waals surface area contributed by atoms with Crippen molar-refractivity contribution in [3.63, 3.8) is 0 Å². The van der Waals surface area contributed by atoms with Crippen molar-refractivity contribution in [2.24, 2.45) is 11.7 Å². The summed E-state index contributed by atoms with van der Waals surface area (Å²) in [5.74, 6) is 0.761. The van der Waals surface area contributed by atoms with E-state index in [0.29, 0.717) is 18.9 Å². The molecule has 0 spiro atoms. The molecule has 4 nitrogen and oxygen atoms in total. The van der Waals surface area contributed by atoms with E-state index >= 15 is 0 Å². The molecular formula is C11H22N2O2. The van der Waals surface area contributed by atoms with E-state index in [9.17, 15) is 4.79 Å². The molecule has 0 bridgehead atoms. The van der Waals surface area contributed by atoms with Crippen LogP contribution in [-0.2, 0) is 4.79 Å². The van der Waals surface area contributed by atoms with E-state index in [0.717, 1.165) is 38.8 Å². The minimum absolute atomic E-state index is 0.236. The van der Waals surface area contributed by atoms with Crippen LogP contribution in [0.15, 0.2) is 0 Å². The molecule has 1 amide bonds. The van der Waals surface area contributed by atoms with E-state index in [1.165, 1.54) is 0 Å². The highest BCUT2D eigenvalue weighted by Crippen LogP contribution is 2.20. The Kier molecular flexibility index (Phi) is 5.65. The van der Waals surface area contributed by atoms with Gasteiger partial charge < -0.3 is 15.7 Å². The van der Waals surface area contributed by atoms with Crippen LogP contribution in [0.1, 0.15) is 32.1 Å². The first-order valence-corrected chi connectivity index (χ1v) is 5.86. The normalized spacial score (nSPS) is 20.9. The van der Waals surface area contributed by atoms with E-state index in [4.69, 9.17) is 10.8 Å². The van der Waals surface area contributed by atoms with Crippen molar-refractivity contribution in [1.29, 1.82) is 0 Å². The van der Waals surface area contributed by atoms with Crippen molar-refractivity contribution in [1.82, 2.24) is 4.90 Å². The van der Waals surface area contributed by atoms with Crippen molar-refractivity contribution in [2.75, 3.05) is 26.2 Å². The van der Waals surface area contributed by atoms with Gasteiger partial charge in [0.2, 0.25) is 5.91 Å². The van der Waals surface area contributed by atoms with Gasteiger partial charge in [0.15, 0.2) is 0 Å². The van der Waals surface area contributed by atoms with Gasteiger partial charge in [-0.3, -0.25) is 4.79 Å². The van der Waals surface area contributed by atoms with Crippen LogP contribution in [-0.4, -0.2) is 42.2 Å². The van der Waals surface area contributed by atoms with Gasteiger partial charge in [-0.2, -0.15) is 0 Å². The molecule has 4 heteroatoms. The maximum Gasteiger partial charge on any atom is 0.222 e. The lowest BCUT2D eigenvalue weighted by Crippen LogP contribution is -2.28. The van der Waals surface area contributed by atoms with Gasteiger partial charge in [-0.25, -0.2) is 0 Å². The molecule has 1 fully saturated rings. The van der Waals surface area contributed by atoms with Crippen LogP contribution in [0.4, 0.5) is 0 Å². The number of unbranched alkanes of at least 4 members (excludes halogenated alkanes) is 1. The molecule has 88 valence electrons. The maximum absolute atomic E-state index is 11.7. The van der Waals surface area contributed by atoms with Crippen LogP contribution in [0, 0.1) is 5.92 Å². The molecule has 0 aromatic rings. The summed E-state index contributed by atoms with van der Waals surface area (Å²) in [5, 5.41) is 8.81. The Morgan fingerprint density at radius 2 is 2.27 bits per heavy atom. The zero-order chi connectivity index (χ0) is 11.1. The van der Waals surface area contributed by atoms with Gasteiger partial charge >= 0.3 is 0 Å². The number of rotatable bonds is 6. The number of amides is 1. The van der Waals surface area contributed by atoms with Crippen molar-refractivity contribution in [2.45, 2.75) is 32.1 Å². The number of likely N-dealkylation sites (tertiary alicyclic amines) is 1. The molecule has 1 heterocycles. The average molecular weight is 214 g/mol. The quantitative estimate of drug-likeness (QED) is 0.627. The predicted octanol–water partition coefficient (Wildman–Crippen LogP) is 0.346. The third kappa shape index (κ3) is 4.18. The Labute approximate surface area is 91.4 Å². The lowest BCUT2D eigenvalue weighted by molar-refractivity contribution is -0.130. The molecule has 0 radical (unpaired) electrons. The molecule has 0 aliphatic carbocycles. The fourth-order valence-electron chi connectivity index (χ4n) is 2.06. The first-order chi connectivity index (χ1) is 7.27. The van der Waals surface area contributed by atoms with Crippen LogP contribution in [0.3, 0.4) is 0 Å². The van der Waals surface area contributed by atoms with Crippen LogP contribution >= 0.6 is 0 Å². The van der Waals surface area contributed by atoms with Gasteiger partial charge in [0.1, 0.15) is 0 Å². The molecule has 1 aliphatic heterocycles. The maximum atomic E-state index is 11.7. The van der Waals surface area contributed by atoms with Crippen molar-refractivity contribution in [3.8, 4) is 0 Å². The zero-order valence-electron chi connectivity index (χ0n) is 9.32. The molecule has 1 aliphatic rings. The summed E-state index contributed by atoms with van der Waals surface area (Å²) in [6.45, 7) is 2.61. The summed E-state index contributed by atoms with van der Waals surface area (Å²) < 4.78 is 0. The van der Waals surface area contributed by atoms with Crippen LogP contribution < -0.4 is 5.73 Å². The summed E-state index contributed by atoms with van der Waals surface area (Å²) in [4.78, 5) is 13.6. The molecule has 1 saturated heterocycles. The van der Waals surface area contributed by atoms with Crippen LogP contribution in [0.2, 0.25) is 0 Å². The molecule has 1 rings (SSSR count). The van der Waals surface area contributed by atoms with Gasteiger partial charge in [0.05, 0.1) is 0 Å². The first-order valence-electron chi connectivity index (χ1n) is 5.86. The van der Waals surface area contributed by atoms with Crippen molar-refractivity contribution >= 4 is 5.91 Å². The van der Waals surface area contributed by atoms with E-state index in [2.05, 4.69) is 0 Å². The van der Waals surface area contributed by atoms with Gasteiger partial charge in [-0.15, -0.1) is 0 Å². The number of nitrogens with two attached hydrogens (primary N) is 1. The average Bonchev–Trinajstić information content (AvgIpc) is 2.67. The minimum Gasteiger partial charge on any atom is -0.396 e. The number of carbonyl (C=O) groups excluding carboxylic acids is 1. The molecule has 0 aromatic carbocycles. The molecule has 1 atom stereocenters. The Morgan fingerprint density at radius 3 is 2.93 bits per heavy atom. The number of carbonyl (C=O) groups is 1. The van der Waals surface area contributed by atoms with E-state index < -0.39 is 0 Å². The summed E-state index contributed by atoms with van der Waals surface area (Å²) in [7, 11) is 0. The fraction of sp³-hybridized carbons (Fsp3) is 0.909. The Morgan fingerprint density at radius 1 is 1.47 bits per heavy atom. The second kappa shape index (κ2) is 6.80. The standard InChI is InChI=1S/C11H22N2O2/c12-6-2-1-3-11(15)13-7-4-10(9-13)5-8-14/h10,14H,1-9,12H2. The topological polar surface area (TPSA) is 66.6 Å². The Balaban J connectivity index is 2.18. The molecule has 3 N–H and O–H groups in total. The number of nitrogens with zero attached hydrogens (tertiary/aromatic N) is 1. The minimum atomic E-state index is 0.236. The van der Waals surface area contributed by atoms with E-state index in [-0.39, 0.29) is 12.5 Å². The lowest BCUT2D eigenvalue weighted by Gasteiger charge is -2.16. The predicted molar refractivity (Wildman–Crippen MR) is 59.3 cm³/mol. The monoisotopic (exact) mass is 214 g/mol. The van der Waals surface area contributed by atoms with Crippen molar-refractivity contribution in [3.05, 3.63) is 0 Å². The third-order valence-electron chi connectivity index (χ3n) is 3.02. The largest absolute Gasteiger partial charge is 0.396 e. The first kappa shape index (κ1) is 12.5. The van der Waals surface area contributed by atoms with E-state index in [1.807, 2.05) is 4.90 Å². The number of hydrogen-bond donors (Lipinski definition) is 2. The molecule has 1 unspecified atom stereocenters. The number of hydrogen-bond acceptors (Lipinski definition) is 3. The summed E-state index contributed by atoms with van der Waals surface area (Å²) >= 11 is 0. The molecular weight excluding hydrogens is 192 g/mol. The Hall–Kier alpha value is -0.610. The van der Waals surface area contributed by atoms with E-state index in [1.54, 1.807) is 0 Å². The summed E-state index contributed by atoms with van der Waals surface area (Å²) in [5.41, 5.74) is 5.38. The highest BCUT2D eigenvalue weighted by Gasteiger charge is 2.24. The fourth-order valence-corrected chi connectivity index (χ4v) is 2.06. The molecule has 0 aromatic heterocycles.